The molecule has 96 valence electrons. The molecule has 1 atom stereocenters. The fourth-order valence-corrected chi connectivity index (χ4v) is 2.35. The van der Waals surface area contributed by atoms with Crippen LogP contribution in [0.5, 0.6) is 0 Å². The molecule has 1 unspecified atom stereocenters. The third kappa shape index (κ3) is 3.98. The first-order chi connectivity index (χ1) is 7.95. The van der Waals surface area contributed by atoms with E-state index in [9.17, 15) is 4.39 Å². The third-order valence-corrected chi connectivity index (χ3v) is 3.67. The van der Waals surface area contributed by atoms with Crippen LogP contribution < -0.4 is 4.90 Å². The minimum absolute atomic E-state index is 0.139. The van der Waals surface area contributed by atoms with Crippen molar-refractivity contribution in [3.63, 3.8) is 0 Å². The molecule has 1 nitrogen and oxygen atoms in total. The van der Waals surface area contributed by atoms with E-state index in [0.29, 0.717) is 23.0 Å². The minimum Gasteiger partial charge on any atom is -0.370 e. The Morgan fingerprint density at radius 2 is 1.94 bits per heavy atom. The Labute approximate surface area is 112 Å². The molecule has 3 heteroatoms. The number of hydrogen-bond donors (Lipinski definition) is 0. The largest absolute Gasteiger partial charge is 0.370 e. The van der Waals surface area contributed by atoms with Crippen molar-refractivity contribution >= 4 is 21.6 Å². The van der Waals surface area contributed by atoms with Gasteiger partial charge < -0.3 is 4.90 Å². The van der Waals surface area contributed by atoms with Gasteiger partial charge in [0.15, 0.2) is 0 Å². The Morgan fingerprint density at radius 3 is 2.41 bits per heavy atom. The van der Waals surface area contributed by atoms with Gasteiger partial charge in [-0.2, -0.15) is 0 Å². The molecule has 1 aromatic rings. The second-order valence-electron chi connectivity index (χ2n) is 5.01. The van der Waals surface area contributed by atoms with Crippen molar-refractivity contribution in [3.05, 3.63) is 29.6 Å². The molecule has 0 amide bonds. The molecule has 0 heterocycles. The number of nitrogens with zero attached hydrogens (tertiary/aromatic N) is 1. The number of halogens is 2. The summed E-state index contributed by atoms with van der Waals surface area (Å²) in [6, 6.07) is 5.77. The van der Waals surface area contributed by atoms with E-state index in [4.69, 9.17) is 0 Å². The summed E-state index contributed by atoms with van der Waals surface area (Å²) in [4.78, 5) is 2.02. The lowest BCUT2D eigenvalue weighted by Crippen LogP contribution is -2.30. The number of rotatable bonds is 5. The summed E-state index contributed by atoms with van der Waals surface area (Å²) in [6.45, 7) is 6.51. The Kier molecular flexibility index (Phi) is 5.44. The predicted octanol–water partition coefficient (Wildman–Crippen LogP) is 4.59. The fourth-order valence-electron chi connectivity index (χ4n) is 2.00. The lowest BCUT2D eigenvalue weighted by molar-refractivity contribution is 0.498. The van der Waals surface area contributed by atoms with E-state index < -0.39 is 0 Å². The molecule has 0 aliphatic carbocycles. The predicted molar refractivity (Wildman–Crippen MR) is 76.4 cm³/mol. The van der Waals surface area contributed by atoms with Crippen molar-refractivity contribution in [3.8, 4) is 0 Å². The first-order valence-electron chi connectivity index (χ1n) is 6.03. The van der Waals surface area contributed by atoms with Crippen LogP contribution in [0.3, 0.4) is 0 Å². The van der Waals surface area contributed by atoms with E-state index in [0.717, 1.165) is 12.0 Å². The molecular formula is C14H21BrFN. The van der Waals surface area contributed by atoms with Crippen LogP contribution in [-0.4, -0.2) is 13.1 Å². The SMILES string of the molecule is CC(C)CC(C)N(C)c1ccc(CBr)cc1F. The topological polar surface area (TPSA) is 3.24 Å². The molecule has 0 saturated heterocycles. The highest BCUT2D eigenvalue weighted by Gasteiger charge is 2.15. The summed E-state index contributed by atoms with van der Waals surface area (Å²) in [6.07, 6.45) is 1.07. The monoisotopic (exact) mass is 301 g/mol. The van der Waals surface area contributed by atoms with Crippen molar-refractivity contribution < 1.29 is 4.39 Å². The molecule has 0 aliphatic heterocycles. The van der Waals surface area contributed by atoms with E-state index in [2.05, 4.69) is 36.7 Å². The summed E-state index contributed by atoms with van der Waals surface area (Å²) in [5.74, 6) is 0.484. The molecule has 0 spiro atoms. The van der Waals surface area contributed by atoms with Gasteiger partial charge in [0.1, 0.15) is 5.82 Å². The first-order valence-corrected chi connectivity index (χ1v) is 7.15. The molecule has 0 radical (unpaired) electrons. The van der Waals surface area contributed by atoms with E-state index in [1.54, 1.807) is 6.07 Å². The van der Waals surface area contributed by atoms with Crippen LogP contribution in [0.1, 0.15) is 32.8 Å². The second-order valence-corrected chi connectivity index (χ2v) is 5.57. The van der Waals surface area contributed by atoms with Gasteiger partial charge in [0.25, 0.3) is 0 Å². The van der Waals surface area contributed by atoms with Gasteiger partial charge in [-0.25, -0.2) is 4.39 Å². The van der Waals surface area contributed by atoms with E-state index in [1.807, 2.05) is 24.1 Å². The number of anilines is 1. The highest BCUT2D eigenvalue weighted by atomic mass is 79.9. The normalized spacial score (nSPS) is 12.9. The van der Waals surface area contributed by atoms with Crippen molar-refractivity contribution in [1.29, 1.82) is 0 Å². The molecule has 17 heavy (non-hydrogen) atoms. The molecule has 0 bridgehead atoms. The van der Waals surface area contributed by atoms with E-state index in [-0.39, 0.29) is 5.82 Å². The van der Waals surface area contributed by atoms with Gasteiger partial charge in [-0.1, -0.05) is 35.8 Å². The van der Waals surface area contributed by atoms with Crippen LogP contribution >= 0.6 is 15.9 Å². The third-order valence-electron chi connectivity index (χ3n) is 3.02. The lowest BCUT2D eigenvalue weighted by atomic mass is 10.0. The van der Waals surface area contributed by atoms with Gasteiger partial charge in [0.2, 0.25) is 0 Å². The maximum absolute atomic E-state index is 13.9. The summed E-state index contributed by atoms with van der Waals surface area (Å²) in [5.41, 5.74) is 1.65. The number of benzene rings is 1. The standard InChI is InChI=1S/C14H21BrFN/c1-10(2)7-11(3)17(4)14-6-5-12(9-15)8-13(14)16/h5-6,8,10-11H,7,9H2,1-4H3. The van der Waals surface area contributed by atoms with Gasteiger partial charge in [0, 0.05) is 18.4 Å². The Hall–Kier alpha value is -0.570. The smallest absolute Gasteiger partial charge is 0.146 e. The zero-order valence-corrected chi connectivity index (χ0v) is 12.6. The highest BCUT2D eigenvalue weighted by Crippen LogP contribution is 2.24. The molecule has 1 aromatic carbocycles. The summed E-state index contributed by atoms with van der Waals surface area (Å²) >= 11 is 3.33. The zero-order valence-electron chi connectivity index (χ0n) is 11.0. The van der Waals surface area contributed by atoms with Crippen LogP contribution in [0.2, 0.25) is 0 Å². The Bertz CT molecular complexity index is 365. The van der Waals surface area contributed by atoms with Crippen LogP contribution in [0.4, 0.5) is 10.1 Å². The Balaban J connectivity index is 2.84. The van der Waals surface area contributed by atoms with Gasteiger partial charge in [-0.15, -0.1) is 0 Å². The van der Waals surface area contributed by atoms with E-state index >= 15 is 0 Å². The van der Waals surface area contributed by atoms with Crippen LogP contribution in [0.25, 0.3) is 0 Å². The maximum Gasteiger partial charge on any atom is 0.146 e. The van der Waals surface area contributed by atoms with Crippen molar-refractivity contribution in [2.45, 2.75) is 38.6 Å². The quantitative estimate of drug-likeness (QED) is 0.719. The number of alkyl halides is 1. The van der Waals surface area contributed by atoms with Crippen LogP contribution in [-0.2, 0) is 5.33 Å². The van der Waals surface area contributed by atoms with Crippen LogP contribution in [0.15, 0.2) is 18.2 Å². The zero-order chi connectivity index (χ0) is 13.0. The fraction of sp³-hybridized carbons (Fsp3) is 0.571. The molecule has 1 rings (SSSR count). The first kappa shape index (κ1) is 14.5. The van der Waals surface area contributed by atoms with Crippen molar-refractivity contribution in [1.82, 2.24) is 0 Å². The van der Waals surface area contributed by atoms with Crippen molar-refractivity contribution in [2.75, 3.05) is 11.9 Å². The summed E-state index contributed by atoms with van der Waals surface area (Å²) in [7, 11) is 1.96. The average Bonchev–Trinajstić information content (AvgIpc) is 2.27. The van der Waals surface area contributed by atoms with Crippen molar-refractivity contribution in [2.24, 2.45) is 5.92 Å². The number of hydrogen-bond acceptors (Lipinski definition) is 1. The second kappa shape index (κ2) is 6.39. The van der Waals surface area contributed by atoms with Gasteiger partial charge >= 0.3 is 0 Å². The molecule has 0 aliphatic rings. The molecule has 0 fully saturated rings. The van der Waals surface area contributed by atoms with E-state index in [1.165, 1.54) is 0 Å². The summed E-state index contributed by atoms with van der Waals surface area (Å²) < 4.78 is 13.9. The highest BCUT2D eigenvalue weighted by molar-refractivity contribution is 9.08. The molecule has 0 aromatic heterocycles. The van der Waals surface area contributed by atoms with Crippen LogP contribution in [0, 0.1) is 11.7 Å². The molecule has 0 N–H and O–H groups in total. The minimum atomic E-state index is -0.139. The van der Waals surface area contributed by atoms with Gasteiger partial charge in [-0.05, 0) is 37.0 Å². The molecular weight excluding hydrogens is 281 g/mol. The summed E-state index contributed by atoms with van der Waals surface area (Å²) in [5, 5.41) is 0.690. The van der Waals surface area contributed by atoms with Gasteiger partial charge in [0.05, 0.1) is 5.69 Å². The average molecular weight is 302 g/mol. The van der Waals surface area contributed by atoms with Gasteiger partial charge in [-0.3, -0.25) is 0 Å². The lowest BCUT2D eigenvalue weighted by Gasteiger charge is -2.28. The molecule has 0 saturated carbocycles. The maximum atomic E-state index is 13.9. The Morgan fingerprint density at radius 1 is 1.29 bits per heavy atom.